The summed E-state index contributed by atoms with van der Waals surface area (Å²) in [6, 6.07) is 15.9. The van der Waals surface area contributed by atoms with Gasteiger partial charge in [-0.25, -0.2) is 4.98 Å². The second-order valence-corrected chi connectivity index (χ2v) is 6.21. The van der Waals surface area contributed by atoms with Crippen molar-refractivity contribution in [1.29, 1.82) is 0 Å². The molecule has 2 aromatic carbocycles. The molecule has 1 heterocycles. The van der Waals surface area contributed by atoms with Crippen LogP contribution in [0.3, 0.4) is 0 Å². The third-order valence-corrected chi connectivity index (χ3v) is 3.97. The lowest BCUT2D eigenvalue weighted by atomic mass is 10.2. The molecule has 0 saturated heterocycles. The molecule has 3 rings (SSSR count). The van der Waals surface area contributed by atoms with Gasteiger partial charge in [-0.3, -0.25) is 0 Å². The number of rotatable bonds is 6. The van der Waals surface area contributed by atoms with Crippen LogP contribution in [0.5, 0.6) is 0 Å². The van der Waals surface area contributed by atoms with Gasteiger partial charge in [-0.15, -0.1) is 0 Å². The van der Waals surface area contributed by atoms with Crippen molar-refractivity contribution in [3.8, 4) is 0 Å². The van der Waals surface area contributed by atoms with E-state index in [1.54, 1.807) is 6.07 Å². The molecule has 0 unspecified atom stereocenters. The highest BCUT2D eigenvalue weighted by molar-refractivity contribution is 6.34. The number of aromatic nitrogens is 2. The lowest BCUT2D eigenvalue weighted by molar-refractivity contribution is 0.621. The summed E-state index contributed by atoms with van der Waals surface area (Å²) in [4.78, 5) is 4.42. The summed E-state index contributed by atoms with van der Waals surface area (Å²) in [7, 11) is 0. The van der Waals surface area contributed by atoms with Crippen molar-refractivity contribution in [1.82, 2.24) is 14.9 Å². The van der Waals surface area contributed by atoms with Crippen LogP contribution in [0.2, 0.25) is 10.0 Å². The Morgan fingerprint density at radius 2 is 1.60 bits per heavy atom. The summed E-state index contributed by atoms with van der Waals surface area (Å²) in [5.41, 5.74) is 2.32. The summed E-state index contributed by atoms with van der Waals surface area (Å²) < 4.78 is 2.10. The van der Waals surface area contributed by atoms with Crippen LogP contribution >= 0.6 is 23.2 Å². The fourth-order valence-corrected chi connectivity index (χ4v) is 3.04. The summed E-state index contributed by atoms with van der Waals surface area (Å²) in [5.74, 6) is 0.983. The maximum Gasteiger partial charge on any atom is 0.122 e. The van der Waals surface area contributed by atoms with Crippen molar-refractivity contribution >= 4 is 23.2 Å². The van der Waals surface area contributed by atoms with Crippen molar-refractivity contribution in [3.05, 3.63) is 87.9 Å². The van der Waals surface area contributed by atoms with E-state index < -0.39 is 0 Å². The van der Waals surface area contributed by atoms with Crippen LogP contribution < -0.4 is 5.32 Å². The molecule has 1 N–H and O–H groups in total. The van der Waals surface area contributed by atoms with E-state index in [9.17, 15) is 0 Å². The first-order valence-corrected chi connectivity index (χ1v) is 9.16. The SMILES string of the molecule is CC.Clc1cc(Cl)cc(Cn2ccnc2CNCc2ccccc2)c1. The van der Waals surface area contributed by atoms with E-state index in [0.717, 1.165) is 17.9 Å². The number of hydrogen-bond donors (Lipinski definition) is 1. The van der Waals surface area contributed by atoms with Gasteiger partial charge < -0.3 is 9.88 Å². The van der Waals surface area contributed by atoms with Crippen LogP contribution in [0, 0.1) is 0 Å². The maximum atomic E-state index is 6.06. The van der Waals surface area contributed by atoms with Crippen LogP contribution in [0.25, 0.3) is 0 Å². The number of benzene rings is 2. The number of halogens is 2. The molecule has 132 valence electrons. The van der Waals surface area contributed by atoms with E-state index in [4.69, 9.17) is 23.2 Å². The molecule has 0 aliphatic rings. The van der Waals surface area contributed by atoms with E-state index in [1.807, 2.05) is 56.6 Å². The second kappa shape index (κ2) is 10.2. The molecule has 0 atom stereocenters. The Hall–Kier alpha value is -1.81. The molecule has 3 aromatic rings. The molecular weight excluding hydrogens is 353 g/mol. The lowest BCUT2D eigenvalue weighted by Gasteiger charge is -2.10. The molecule has 0 spiro atoms. The van der Waals surface area contributed by atoms with Crippen LogP contribution in [0.15, 0.2) is 60.9 Å². The minimum atomic E-state index is 0.649. The first-order valence-electron chi connectivity index (χ1n) is 8.40. The van der Waals surface area contributed by atoms with Gasteiger partial charge in [-0.1, -0.05) is 67.4 Å². The fourth-order valence-electron chi connectivity index (χ4n) is 2.46. The van der Waals surface area contributed by atoms with Gasteiger partial charge >= 0.3 is 0 Å². The van der Waals surface area contributed by atoms with Crippen molar-refractivity contribution in [2.24, 2.45) is 0 Å². The van der Waals surface area contributed by atoms with E-state index >= 15 is 0 Å². The topological polar surface area (TPSA) is 29.9 Å². The highest BCUT2D eigenvalue weighted by Crippen LogP contribution is 2.20. The zero-order valence-corrected chi connectivity index (χ0v) is 16.1. The molecule has 1 aromatic heterocycles. The van der Waals surface area contributed by atoms with Crippen molar-refractivity contribution < 1.29 is 0 Å². The minimum Gasteiger partial charge on any atom is -0.329 e. The highest BCUT2D eigenvalue weighted by Gasteiger charge is 2.05. The Labute approximate surface area is 159 Å². The second-order valence-electron chi connectivity index (χ2n) is 5.34. The first kappa shape index (κ1) is 19.5. The molecular formula is C20H23Cl2N3. The zero-order chi connectivity index (χ0) is 18.1. The average Bonchev–Trinajstić information content (AvgIpc) is 3.04. The maximum absolute atomic E-state index is 6.06. The van der Waals surface area contributed by atoms with E-state index in [2.05, 4.69) is 27.0 Å². The highest BCUT2D eigenvalue weighted by atomic mass is 35.5. The molecule has 0 radical (unpaired) electrons. The van der Waals surface area contributed by atoms with Gasteiger partial charge in [0.1, 0.15) is 5.82 Å². The number of nitrogens with zero attached hydrogens (tertiary/aromatic N) is 2. The predicted octanol–water partition coefficient (Wildman–Crippen LogP) is 5.55. The van der Waals surface area contributed by atoms with Gasteiger partial charge in [0.15, 0.2) is 0 Å². The third-order valence-electron chi connectivity index (χ3n) is 3.53. The largest absolute Gasteiger partial charge is 0.329 e. The van der Waals surface area contributed by atoms with Crippen molar-refractivity contribution in [3.63, 3.8) is 0 Å². The van der Waals surface area contributed by atoms with Gasteiger partial charge in [0.25, 0.3) is 0 Å². The molecule has 0 amide bonds. The third kappa shape index (κ3) is 6.20. The fraction of sp³-hybridized carbons (Fsp3) is 0.250. The van der Waals surface area contributed by atoms with Crippen molar-refractivity contribution in [2.45, 2.75) is 33.5 Å². The van der Waals surface area contributed by atoms with E-state index in [-0.39, 0.29) is 0 Å². The van der Waals surface area contributed by atoms with Gasteiger partial charge in [0, 0.05) is 35.5 Å². The summed E-state index contributed by atoms with van der Waals surface area (Å²) in [5, 5.41) is 4.72. The van der Waals surface area contributed by atoms with E-state index in [0.29, 0.717) is 23.1 Å². The van der Waals surface area contributed by atoms with Crippen LogP contribution in [-0.4, -0.2) is 9.55 Å². The molecule has 3 nitrogen and oxygen atoms in total. The van der Waals surface area contributed by atoms with Gasteiger partial charge in [-0.2, -0.15) is 0 Å². The van der Waals surface area contributed by atoms with Crippen molar-refractivity contribution in [2.75, 3.05) is 0 Å². The quantitative estimate of drug-likeness (QED) is 0.611. The standard InChI is InChI=1S/C18H17Cl2N3.C2H6/c19-16-8-15(9-17(20)10-16)13-23-7-6-22-18(23)12-21-11-14-4-2-1-3-5-14;1-2/h1-10,21H,11-13H2;1-2H3. The molecule has 5 heteroatoms. The van der Waals surface area contributed by atoms with Gasteiger partial charge in [0.2, 0.25) is 0 Å². The molecule has 0 aliphatic heterocycles. The Kier molecular flexibility index (Phi) is 7.99. The summed E-state index contributed by atoms with van der Waals surface area (Å²) >= 11 is 12.1. The Balaban J connectivity index is 0.00000109. The van der Waals surface area contributed by atoms with Crippen LogP contribution in [-0.2, 0) is 19.6 Å². The van der Waals surface area contributed by atoms with Gasteiger partial charge in [0.05, 0.1) is 6.54 Å². The van der Waals surface area contributed by atoms with E-state index in [1.165, 1.54) is 5.56 Å². The predicted molar refractivity (Wildman–Crippen MR) is 106 cm³/mol. The molecule has 0 bridgehead atoms. The molecule has 0 aliphatic carbocycles. The zero-order valence-electron chi connectivity index (χ0n) is 14.5. The van der Waals surface area contributed by atoms with Crippen LogP contribution in [0.4, 0.5) is 0 Å². The number of hydrogen-bond acceptors (Lipinski definition) is 2. The molecule has 25 heavy (non-hydrogen) atoms. The lowest BCUT2D eigenvalue weighted by Crippen LogP contribution is -2.17. The monoisotopic (exact) mass is 375 g/mol. The Morgan fingerprint density at radius 3 is 2.28 bits per heavy atom. The summed E-state index contributed by atoms with van der Waals surface area (Å²) in [6.45, 7) is 6.22. The smallest absolute Gasteiger partial charge is 0.122 e. The number of nitrogens with one attached hydrogen (secondary N) is 1. The number of imidazole rings is 1. The average molecular weight is 376 g/mol. The Bertz CT molecular complexity index is 749. The normalized spacial score (nSPS) is 10.2. The summed E-state index contributed by atoms with van der Waals surface area (Å²) in [6.07, 6.45) is 3.78. The van der Waals surface area contributed by atoms with Crippen LogP contribution in [0.1, 0.15) is 30.8 Å². The molecule has 0 saturated carbocycles. The molecule has 0 fully saturated rings. The van der Waals surface area contributed by atoms with Gasteiger partial charge in [-0.05, 0) is 29.3 Å². The Morgan fingerprint density at radius 1 is 0.920 bits per heavy atom. The first-order chi connectivity index (χ1) is 12.2. The minimum absolute atomic E-state index is 0.649.